The number of hydrogen-bond donors (Lipinski definition) is 1. The Morgan fingerprint density at radius 1 is 1.41 bits per heavy atom. The van der Waals surface area contributed by atoms with Crippen molar-refractivity contribution in [2.24, 2.45) is 0 Å². The number of aliphatic hydroxyl groups is 1. The van der Waals surface area contributed by atoms with Crippen molar-refractivity contribution in [2.75, 3.05) is 32.8 Å². The zero-order chi connectivity index (χ0) is 11.9. The molecule has 1 saturated heterocycles. The molecular weight excluding hydrogens is 216 g/mol. The van der Waals surface area contributed by atoms with Gasteiger partial charge in [0.25, 0.3) is 0 Å². The van der Waals surface area contributed by atoms with Crippen LogP contribution in [0.15, 0.2) is 30.5 Å². The van der Waals surface area contributed by atoms with Crippen LogP contribution in [0.1, 0.15) is 5.69 Å². The zero-order valence-electron chi connectivity index (χ0n) is 9.83. The van der Waals surface area contributed by atoms with Crippen LogP contribution in [0.25, 0.3) is 6.08 Å². The SMILES string of the molecule is OC(/C=C\c1ccccn1)CN1CCOCC1. The second-order valence-electron chi connectivity index (χ2n) is 4.09. The van der Waals surface area contributed by atoms with Gasteiger partial charge in [0, 0.05) is 25.8 Å². The molecule has 1 aromatic heterocycles. The Kier molecular flexibility index (Phi) is 4.67. The van der Waals surface area contributed by atoms with E-state index in [2.05, 4.69) is 9.88 Å². The van der Waals surface area contributed by atoms with Crippen molar-refractivity contribution in [3.05, 3.63) is 36.2 Å². The molecule has 4 nitrogen and oxygen atoms in total. The van der Waals surface area contributed by atoms with Gasteiger partial charge in [0.2, 0.25) is 0 Å². The highest BCUT2D eigenvalue weighted by Gasteiger charge is 2.12. The molecule has 92 valence electrons. The Balaban J connectivity index is 1.80. The average Bonchev–Trinajstić information content (AvgIpc) is 2.39. The molecule has 1 atom stereocenters. The number of rotatable bonds is 4. The van der Waals surface area contributed by atoms with Gasteiger partial charge in [-0.05, 0) is 18.2 Å². The summed E-state index contributed by atoms with van der Waals surface area (Å²) in [4.78, 5) is 6.37. The minimum atomic E-state index is -0.449. The fraction of sp³-hybridized carbons (Fsp3) is 0.462. The number of aromatic nitrogens is 1. The molecule has 0 saturated carbocycles. The van der Waals surface area contributed by atoms with E-state index in [9.17, 15) is 5.11 Å². The minimum absolute atomic E-state index is 0.449. The van der Waals surface area contributed by atoms with Crippen LogP contribution in [0.5, 0.6) is 0 Å². The van der Waals surface area contributed by atoms with Gasteiger partial charge in [-0.1, -0.05) is 12.1 Å². The quantitative estimate of drug-likeness (QED) is 0.836. The molecule has 2 rings (SSSR count). The fourth-order valence-electron chi connectivity index (χ4n) is 1.79. The second-order valence-corrected chi connectivity index (χ2v) is 4.09. The summed E-state index contributed by atoms with van der Waals surface area (Å²) in [7, 11) is 0. The van der Waals surface area contributed by atoms with Crippen LogP contribution in [-0.2, 0) is 4.74 Å². The highest BCUT2D eigenvalue weighted by molar-refractivity contribution is 5.44. The third-order valence-electron chi connectivity index (χ3n) is 2.73. The second kappa shape index (κ2) is 6.49. The highest BCUT2D eigenvalue weighted by atomic mass is 16.5. The molecule has 4 heteroatoms. The number of hydrogen-bond acceptors (Lipinski definition) is 4. The topological polar surface area (TPSA) is 45.6 Å². The third kappa shape index (κ3) is 4.26. The number of nitrogens with zero attached hydrogens (tertiary/aromatic N) is 2. The predicted molar refractivity (Wildman–Crippen MR) is 66.5 cm³/mol. The van der Waals surface area contributed by atoms with E-state index in [1.165, 1.54) is 0 Å². The zero-order valence-corrected chi connectivity index (χ0v) is 9.83. The number of aliphatic hydroxyl groups excluding tert-OH is 1. The molecule has 0 aromatic carbocycles. The van der Waals surface area contributed by atoms with Crippen LogP contribution in [0.3, 0.4) is 0 Å². The smallest absolute Gasteiger partial charge is 0.0851 e. The maximum absolute atomic E-state index is 9.87. The molecule has 1 unspecified atom stereocenters. The van der Waals surface area contributed by atoms with Crippen LogP contribution >= 0.6 is 0 Å². The predicted octanol–water partition coefficient (Wildman–Crippen LogP) is 0.788. The minimum Gasteiger partial charge on any atom is -0.388 e. The molecule has 1 aliphatic heterocycles. The number of β-amino-alcohol motifs (C(OH)–C–C–N with tert-alkyl or cyclic N) is 1. The van der Waals surface area contributed by atoms with Crippen LogP contribution in [0.2, 0.25) is 0 Å². The van der Waals surface area contributed by atoms with Crippen LogP contribution in [0, 0.1) is 0 Å². The van der Waals surface area contributed by atoms with Gasteiger partial charge in [0.05, 0.1) is 25.0 Å². The molecule has 0 aliphatic carbocycles. The lowest BCUT2D eigenvalue weighted by Gasteiger charge is -2.27. The lowest BCUT2D eigenvalue weighted by Crippen LogP contribution is -2.40. The average molecular weight is 234 g/mol. The third-order valence-corrected chi connectivity index (χ3v) is 2.73. The van der Waals surface area contributed by atoms with Crippen molar-refractivity contribution < 1.29 is 9.84 Å². The molecule has 1 fully saturated rings. The Morgan fingerprint density at radius 2 is 2.24 bits per heavy atom. The van der Waals surface area contributed by atoms with Gasteiger partial charge in [-0.15, -0.1) is 0 Å². The normalized spacial score (nSPS) is 19.6. The first-order chi connectivity index (χ1) is 8.34. The van der Waals surface area contributed by atoms with Crippen LogP contribution in [0.4, 0.5) is 0 Å². The number of morpholine rings is 1. The van der Waals surface area contributed by atoms with E-state index in [0.717, 1.165) is 32.0 Å². The van der Waals surface area contributed by atoms with Gasteiger partial charge in [0.15, 0.2) is 0 Å². The van der Waals surface area contributed by atoms with Crippen molar-refractivity contribution in [1.82, 2.24) is 9.88 Å². The molecule has 1 aromatic rings. The van der Waals surface area contributed by atoms with E-state index < -0.39 is 6.10 Å². The van der Waals surface area contributed by atoms with Crippen molar-refractivity contribution in [3.63, 3.8) is 0 Å². The molecule has 0 radical (unpaired) electrons. The van der Waals surface area contributed by atoms with E-state index >= 15 is 0 Å². The molecule has 1 aliphatic rings. The molecule has 0 amide bonds. The lowest BCUT2D eigenvalue weighted by atomic mass is 10.2. The summed E-state index contributed by atoms with van der Waals surface area (Å²) >= 11 is 0. The largest absolute Gasteiger partial charge is 0.388 e. The van der Waals surface area contributed by atoms with E-state index in [1.54, 1.807) is 12.3 Å². The van der Waals surface area contributed by atoms with Gasteiger partial charge in [-0.2, -0.15) is 0 Å². The summed E-state index contributed by atoms with van der Waals surface area (Å²) in [6, 6.07) is 5.72. The van der Waals surface area contributed by atoms with Crippen LogP contribution < -0.4 is 0 Å². The number of pyridine rings is 1. The highest BCUT2D eigenvalue weighted by Crippen LogP contribution is 2.02. The maximum atomic E-state index is 9.87. The monoisotopic (exact) mass is 234 g/mol. The first-order valence-corrected chi connectivity index (χ1v) is 5.92. The first-order valence-electron chi connectivity index (χ1n) is 5.92. The van der Waals surface area contributed by atoms with E-state index in [-0.39, 0.29) is 0 Å². The Bertz CT molecular complexity index is 348. The van der Waals surface area contributed by atoms with Gasteiger partial charge in [-0.25, -0.2) is 0 Å². The maximum Gasteiger partial charge on any atom is 0.0851 e. The summed E-state index contributed by atoms with van der Waals surface area (Å²) in [5.41, 5.74) is 0.869. The van der Waals surface area contributed by atoms with Gasteiger partial charge >= 0.3 is 0 Å². The lowest BCUT2D eigenvalue weighted by molar-refractivity contribution is 0.0223. The Morgan fingerprint density at radius 3 is 2.94 bits per heavy atom. The molecule has 1 N–H and O–H groups in total. The fourth-order valence-corrected chi connectivity index (χ4v) is 1.79. The van der Waals surface area contributed by atoms with Crippen LogP contribution in [-0.4, -0.2) is 53.9 Å². The van der Waals surface area contributed by atoms with E-state index in [1.807, 2.05) is 24.3 Å². The summed E-state index contributed by atoms with van der Waals surface area (Å²) in [5.74, 6) is 0. The van der Waals surface area contributed by atoms with Gasteiger partial charge in [-0.3, -0.25) is 9.88 Å². The van der Waals surface area contributed by atoms with Gasteiger partial charge in [0.1, 0.15) is 0 Å². The summed E-state index contributed by atoms with van der Waals surface area (Å²) in [6.45, 7) is 3.98. The molecular formula is C13H18N2O2. The molecule has 17 heavy (non-hydrogen) atoms. The summed E-state index contributed by atoms with van der Waals surface area (Å²) < 4.78 is 5.26. The summed E-state index contributed by atoms with van der Waals surface area (Å²) in [5, 5.41) is 9.87. The summed E-state index contributed by atoms with van der Waals surface area (Å²) in [6.07, 6.45) is 4.94. The van der Waals surface area contributed by atoms with E-state index in [4.69, 9.17) is 4.74 Å². The van der Waals surface area contributed by atoms with Crippen molar-refractivity contribution in [3.8, 4) is 0 Å². The standard InChI is InChI=1S/C13H18N2O2/c16-13(11-15-7-9-17-10-8-15)5-4-12-3-1-2-6-14-12/h1-6,13,16H,7-11H2/b5-4-. The molecule has 0 bridgehead atoms. The Labute approximate surface area is 102 Å². The molecule has 0 spiro atoms. The van der Waals surface area contributed by atoms with E-state index in [0.29, 0.717) is 6.54 Å². The van der Waals surface area contributed by atoms with Crippen molar-refractivity contribution in [1.29, 1.82) is 0 Å². The number of ether oxygens (including phenoxy) is 1. The van der Waals surface area contributed by atoms with Crippen molar-refractivity contribution in [2.45, 2.75) is 6.10 Å². The first kappa shape index (κ1) is 12.2. The molecule has 2 heterocycles. The van der Waals surface area contributed by atoms with Gasteiger partial charge < -0.3 is 9.84 Å². The van der Waals surface area contributed by atoms with Crippen molar-refractivity contribution >= 4 is 6.08 Å². The Hall–Kier alpha value is -1.23.